The Labute approximate surface area is 138 Å². The molecule has 23 heavy (non-hydrogen) atoms. The lowest BCUT2D eigenvalue weighted by Crippen LogP contribution is -2.38. The number of nitrogens with zero attached hydrogens (tertiary/aromatic N) is 1. The number of hydrogen-bond acceptors (Lipinski definition) is 3. The molecular formula is C16H16ClN3O3. The van der Waals surface area contributed by atoms with E-state index in [-0.39, 0.29) is 22.9 Å². The highest BCUT2D eigenvalue weighted by molar-refractivity contribution is 6.29. The maximum absolute atomic E-state index is 12.1. The van der Waals surface area contributed by atoms with Crippen LogP contribution in [0.25, 0.3) is 0 Å². The third-order valence-corrected chi connectivity index (χ3v) is 3.81. The first-order valence-electron chi connectivity index (χ1n) is 7.33. The second-order valence-electron chi connectivity index (χ2n) is 5.14. The molecule has 0 atom stereocenters. The van der Waals surface area contributed by atoms with Gasteiger partial charge < -0.3 is 15.1 Å². The maximum atomic E-state index is 12.1. The molecule has 0 saturated carbocycles. The topological polar surface area (TPSA) is 74.6 Å². The standard InChI is InChI=1S/C16H16ClN3O3/c1-2-18-16(22)20-8-7-10-3-4-11(9-12(10)20)19-15(21)13-5-6-14(17)23-13/h3-6,9H,2,7-8H2,1H3,(H,18,22)(H,19,21). The molecule has 0 spiro atoms. The van der Waals surface area contributed by atoms with Crippen molar-refractivity contribution in [1.29, 1.82) is 0 Å². The molecule has 0 saturated heterocycles. The molecule has 3 rings (SSSR count). The van der Waals surface area contributed by atoms with Gasteiger partial charge in [0.05, 0.1) is 5.69 Å². The highest BCUT2D eigenvalue weighted by Gasteiger charge is 2.24. The first kappa shape index (κ1) is 15.4. The van der Waals surface area contributed by atoms with Gasteiger partial charge in [-0.2, -0.15) is 0 Å². The molecule has 120 valence electrons. The number of hydrogen-bond donors (Lipinski definition) is 2. The fraction of sp³-hybridized carbons (Fsp3) is 0.250. The van der Waals surface area contributed by atoms with E-state index < -0.39 is 0 Å². The number of nitrogens with one attached hydrogen (secondary N) is 2. The normalized spacial score (nSPS) is 12.9. The maximum Gasteiger partial charge on any atom is 0.321 e. The monoisotopic (exact) mass is 333 g/mol. The van der Waals surface area contributed by atoms with Crippen molar-refractivity contribution in [2.75, 3.05) is 23.3 Å². The van der Waals surface area contributed by atoms with Gasteiger partial charge in [0.2, 0.25) is 0 Å². The van der Waals surface area contributed by atoms with Crippen LogP contribution in [0.3, 0.4) is 0 Å². The number of halogens is 1. The van der Waals surface area contributed by atoms with Crippen LogP contribution in [0.1, 0.15) is 23.0 Å². The van der Waals surface area contributed by atoms with E-state index >= 15 is 0 Å². The number of urea groups is 1. The lowest BCUT2D eigenvalue weighted by atomic mass is 10.1. The molecule has 2 heterocycles. The van der Waals surface area contributed by atoms with Gasteiger partial charge in [0.25, 0.3) is 5.91 Å². The van der Waals surface area contributed by atoms with Gasteiger partial charge in [0.1, 0.15) is 0 Å². The molecule has 1 aromatic heterocycles. The fourth-order valence-electron chi connectivity index (χ4n) is 2.54. The van der Waals surface area contributed by atoms with Crippen molar-refractivity contribution in [3.8, 4) is 0 Å². The van der Waals surface area contributed by atoms with E-state index in [2.05, 4.69) is 10.6 Å². The SMILES string of the molecule is CCNC(=O)N1CCc2ccc(NC(=O)c3ccc(Cl)o3)cc21. The molecule has 6 nitrogen and oxygen atoms in total. The Balaban J connectivity index is 1.79. The van der Waals surface area contributed by atoms with E-state index in [9.17, 15) is 9.59 Å². The minimum atomic E-state index is -0.389. The van der Waals surface area contributed by atoms with E-state index in [0.29, 0.717) is 18.8 Å². The summed E-state index contributed by atoms with van der Waals surface area (Å²) in [7, 11) is 0. The van der Waals surface area contributed by atoms with Gasteiger partial charge in [0, 0.05) is 18.8 Å². The van der Waals surface area contributed by atoms with Gasteiger partial charge in [-0.05, 0) is 54.8 Å². The molecule has 0 bridgehead atoms. The molecule has 3 amide bonds. The Kier molecular flexibility index (Phi) is 4.25. The van der Waals surface area contributed by atoms with Gasteiger partial charge in [-0.1, -0.05) is 6.07 Å². The van der Waals surface area contributed by atoms with Crippen molar-refractivity contribution < 1.29 is 14.0 Å². The number of amides is 3. The zero-order chi connectivity index (χ0) is 16.4. The number of benzene rings is 1. The molecule has 1 aliphatic rings. The third-order valence-electron chi connectivity index (χ3n) is 3.61. The molecule has 0 fully saturated rings. The summed E-state index contributed by atoms with van der Waals surface area (Å²) >= 11 is 5.67. The average Bonchev–Trinajstić information content (AvgIpc) is 3.13. The van der Waals surface area contributed by atoms with Crippen molar-refractivity contribution >= 4 is 34.9 Å². The molecule has 0 radical (unpaired) electrons. The number of anilines is 2. The molecule has 1 aliphatic heterocycles. The molecule has 0 unspecified atom stereocenters. The quantitative estimate of drug-likeness (QED) is 0.905. The molecule has 2 N–H and O–H groups in total. The second-order valence-corrected chi connectivity index (χ2v) is 5.51. The second kappa shape index (κ2) is 6.34. The first-order valence-corrected chi connectivity index (χ1v) is 7.71. The first-order chi connectivity index (χ1) is 11.1. The lowest BCUT2D eigenvalue weighted by molar-refractivity contribution is 0.0997. The van der Waals surface area contributed by atoms with Crippen molar-refractivity contribution in [3.63, 3.8) is 0 Å². The molecule has 1 aromatic carbocycles. The Morgan fingerprint density at radius 1 is 1.30 bits per heavy atom. The van der Waals surface area contributed by atoms with Crippen LogP contribution in [0.5, 0.6) is 0 Å². The van der Waals surface area contributed by atoms with Crippen LogP contribution in [0.15, 0.2) is 34.7 Å². The summed E-state index contributed by atoms with van der Waals surface area (Å²) in [6.45, 7) is 3.08. The Bertz CT molecular complexity index is 757. The number of furan rings is 1. The number of fused-ring (bicyclic) bond motifs is 1. The minimum absolute atomic E-state index is 0.132. The van der Waals surface area contributed by atoms with Crippen molar-refractivity contribution in [3.05, 3.63) is 46.9 Å². The highest BCUT2D eigenvalue weighted by Crippen LogP contribution is 2.31. The average molecular weight is 334 g/mol. The summed E-state index contributed by atoms with van der Waals surface area (Å²) in [5.41, 5.74) is 2.49. The van der Waals surface area contributed by atoms with Crippen LogP contribution in [-0.4, -0.2) is 25.0 Å². The van der Waals surface area contributed by atoms with Crippen LogP contribution in [0.4, 0.5) is 16.2 Å². The van der Waals surface area contributed by atoms with E-state index in [4.69, 9.17) is 16.0 Å². The number of rotatable bonds is 3. The molecule has 0 aliphatic carbocycles. The summed E-state index contributed by atoms with van der Waals surface area (Å²) in [6.07, 6.45) is 0.800. The summed E-state index contributed by atoms with van der Waals surface area (Å²) in [4.78, 5) is 25.8. The highest BCUT2D eigenvalue weighted by atomic mass is 35.5. The van der Waals surface area contributed by atoms with Crippen LogP contribution in [-0.2, 0) is 6.42 Å². The third kappa shape index (κ3) is 3.17. The summed E-state index contributed by atoms with van der Waals surface area (Å²) in [5.74, 6) is -0.254. The Morgan fingerprint density at radius 2 is 2.13 bits per heavy atom. The predicted molar refractivity (Wildman–Crippen MR) is 88.2 cm³/mol. The van der Waals surface area contributed by atoms with Gasteiger partial charge in [-0.25, -0.2) is 4.79 Å². The number of carbonyl (C=O) groups is 2. The summed E-state index contributed by atoms with van der Waals surface area (Å²) in [6, 6.07) is 8.40. The van der Waals surface area contributed by atoms with Crippen molar-refractivity contribution in [2.45, 2.75) is 13.3 Å². The van der Waals surface area contributed by atoms with Crippen molar-refractivity contribution in [2.24, 2.45) is 0 Å². The van der Waals surface area contributed by atoms with Crippen LogP contribution in [0.2, 0.25) is 5.22 Å². The van der Waals surface area contributed by atoms with E-state index in [1.807, 2.05) is 19.1 Å². The molecule has 7 heteroatoms. The summed E-state index contributed by atoms with van der Waals surface area (Å²) in [5, 5.41) is 5.69. The van der Waals surface area contributed by atoms with E-state index in [1.54, 1.807) is 11.0 Å². The molecular weight excluding hydrogens is 318 g/mol. The molecule has 2 aromatic rings. The predicted octanol–water partition coefficient (Wildman–Crippen LogP) is 3.28. The van der Waals surface area contributed by atoms with Crippen molar-refractivity contribution in [1.82, 2.24) is 5.32 Å². The van der Waals surface area contributed by atoms with Crippen LogP contribution >= 0.6 is 11.6 Å². The minimum Gasteiger partial charge on any atom is -0.440 e. The Hall–Kier alpha value is -2.47. The van der Waals surface area contributed by atoms with Gasteiger partial charge in [0.15, 0.2) is 11.0 Å². The zero-order valence-electron chi connectivity index (χ0n) is 12.6. The zero-order valence-corrected chi connectivity index (χ0v) is 13.3. The smallest absolute Gasteiger partial charge is 0.321 e. The Morgan fingerprint density at radius 3 is 2.83 bits per heavy atom. The van der Waals surface area contributed by atoms with E-state index in [1.165, 1.54) is 12.1 Å². The lowest BCUT2D eigenvalue weighted by Gasteiger charge is -2.18. The summed E-state index contributed by atoms with van der Waals surface area (Å²) < 4.78 is 5.08. The number of carbonyl (C=O) groups excluding carboxylic acids is 2. The van der Waals surface area contributed by atoms with Gasteiger partial charge >= 0.3 is 6.03 Å². The largest absolute Gasteiger partial charge is 0.440 e. The van der Waals surface area contributed by atoms with Crippen LogP contribution < -0.4 is 15.5 Å². The van der Waals surface area contributed by atoms with E-state index in [0.717, 1.165) is 17.7 Å². The van der Waals surface area contributed by atoms with Crippen LogP contribution in [0, 0.1) is 0 Å². The van der Waals surface area contributed by atoms with Gasteiger partial charge in [-0.3, -0.25) is 9.69 Å². The fourth-order valence-corrected chi connectivity index (χ4v) is 2.69. The van der Waals surface area contributed by atoms with Gasteiger partial charge in [-0.15, -0.1) is 0 Å².